The van der Waals surface area contributed by atoms with Gasteiger partial charge in [0.2, 0.25) is 11.8 Å². The maximum atomic E-state index is 13.5. The SMILES string of the molecule is COC[C@H](O)Cn1nc(-c2cc(C(N)=O)c(C)cc2N2C=C(C(=O)O)[C@H](c3ccc(F)cc3)CC2=O)cc1C. The Morgan fingerprint density at radius 3 is 2.51 bits per heavy atom. The van der Waals surface area contributed by atoms with Crippen molar-refractivity contribution in [1.82, 2.24) is 9.78 Å². The van der Waals surface area contributed by atoms with Crippen LogP contribution < -0.4 is 10.6 Å². The minimum Gasteiger partial charge on any atom is -0.478 e. The highest BCUT2D eigenvalue weighted by atomic mass is 19.1. The maximum Gasteiger partial charge on any atom is 0.333 e. The molecule has 39 heavy (non-hydrogen) atoms. The number of carboxylic acid groups (broad SMARTS) is 1. The van der Waals surface area contributed by atoms with Gasteiger partial charge >= 0.3 is 5.97 Å². The highest BCUT2D eigenvalue weighted by Gasteiger charge is 2.34. The zero-order valence-corrected chi connectivity index (χ0v) is 21.7. The number of hydrogen-bond donors (Lipinski definition) is 3. The second kappa shape index (κ2) is 11.2. The van der Waals surface area contributed by atoms with Crippen molar-refractivity contribution in [3.05, 3.63) is 82.4 Å². The summed E-state index contributed by atoms with van der Waals surface area (Å²) in [7, 11) is 1.48. The molecule has 0 spiro atoms. The first-order chi connectivity index (χ1) is 18.5. The fraction of sp³-hybridized carbons (Fsp3) is 0.286. The van der Waals surface area contributed by atoms with Crippen molar-refractivity contribution in [2.24, 2.45) is 5.73 Å². The molecule has 0 bridgehead atoms. The number of halogens is 1. The molecule has 1 aliphatic rings. The number of methoxy groups -OCH3 is 1. The van der Waals surface area contributed by atoms with Gasteiger partial charge in [-0.05, 0) is 55.3 Å². The van der Waals surface area contributed by atoms with Gasteiger partial charge in [-0.3, -0.25) is 19.2 Å². The van der Waals surface area contributed by atoms with Crippen LogP contribution in [0.5, 0.6) is 0 Å². The van der Waals surface area contributed by atoms with E-state index in [-0.39, 0.29) is 30.7 Å². The van der Waals surface area contributed by atoms with Gasteiger partial charge in [0.15, 0.2) is 0 Å². The smallest absolute Gasteiger partial charge is 0.333 e. The van der Waals surface area contributed by atoms with Crippen molar-refractivity contribution < 1.29 is 33.7 Å². The molecule has 0 fully saturated rings. The number of benzene rings is 2. The maximum absolute atomic E-state index is 13.5. The summed E-state index contributed by atoms with van der Waals surface area (Å²) < 4.78 is 20.0. The zero-order valence-electron chi connectivity index (χ0n) is 21.7. The summed E-state index contributed by atoms with van der Waals surface area (Å²) in [6.07, 6.45) is 0.279. The molecular formula is C28H29FN4O6. The number of amides is 2. The number of anilines is 1. The summed E-state index contributed by atoms with van der Waals surface area (Å²) >= 11 is 0. The molecule has 10 nitrogen and oxygen atoms in total. The Bertz CT molecular complexity index is 1460. The minimum atomic E-state index is -1.22. The van der Waals surface area contributed by atoms with E-state index in [0.717, 1.165) is 0 Å². The Morgan fingerprint density at radius 1 is 1.21 bits per heavy atom. The molecular weight excluding hydrogens is 507 g/mol. The number of hydrogen-bond acceptors (Lipinski definition) is 6. The van der Waals surface area contributed by atoms with Gasteiger partial charge in [0.25, 0.3) is 0 Å². The third-order valence-corrected chi connectivity index (χ3v) is 6.68. The van der Waals surface area contributed by atoms with Crippen LogP contribution >= 0.6 is 0 Å². The summed E-state index contributed by atoms with van der Waals surface area (Å²) in [5.74, 6) is -3.53. The van der Waals surface area contributed by atoms with Gasteiger partial charge < -0.3 is 20.7 Å². The summed E-state index contributed by atoms with van der Waals surface area (Å²) in [6.45, 7) is 3.71. The lowest BCUT2D eigenvalue weighted by Crippen LogP contribution is -2.35. The number of aliphatic hydroxyl groups excluding tert-OH is 1. The number of ether oxygens (including phenoxy) is 1. The normalized spacial score (nSPS) is 16.2. The van der Waals surface area contributed by atoms with Crippen LogP contribution in [0, 0.1) is 19.7 Å². The van der Waals surface area contributed by atoms with Gasteiger partial charge in [0.1, 0.15) is 5.82 Å². The fourth-order valence-electron chi connectivity index (χ4n) is 4.72. The predicted molar refractivity (Wildman–Crippen MR) is 141 cm³/mol. The van der Waals surface area contributed by atoms with Crippen LogP contribution in [0.3, 0.4) is 0 Å². The number of carboxylic acids is 1. The number of aromatic nitrogens is 2. The van der Waals surface area contributed by atoms with E-state index in [1.807, 2.05) is 0 Å². The number of nitrogens with zero attached hydrogens (tertiary/aromatic N) is 3. The average molecular weight is 537 g/mol. The standard InChI is InChI=1S/C28H29FN4O6/c1-15-8-25(32-13-23(28(37)38)21(11-26(32)35)17-4-6-18(29)7-5-17)22(10-20(15)27(30)36)24-9-16(2)33(31-24)12-19(34)14-39-3/h4-10,13,19,21,34H,11-12,14H2,1-3H3,(H2,30,36)(H,37,38)/t19-,21+/m1/s1. The number of rotatable bonds is 9. The van der Waals surface area contributed by atoms with Gasteiger partial charge in [-0.25, -0.2) is 9.18 Å². The van der Waals surface area contributed by atoms with E-state index in [2.05, 4.69) is 5.10 Å². The molecule has 3 aromatic rings. The minimum absolute atomic E-state index is 0.0480. The summed E-state index contributed by atoms with van der Waals surface area (Å²) in [5, 5.41) is 24.8. The summed E-state index contributed by atoms with van der Waals surface area (Å²) in [5.41, 5.74) is 8.57. The lowest BCUT2D eigenvalue weighted by molar-refractivity contribution is -0.133. The highest BCUT2D eigenvalue weighted by molar-refractivity contribution is 6.06. The molecule has 2 heterocycles. The van der Waals surface area contributed by atoms with Gasteiger partial charge in [-0.1, -0.05) is 12.1 Å². The summed E-state index contributed by atoms with van der Waals surface area (Å²) in [6, 6.07) is 10.2. The van der Waals surface area contributed by atoms with Gasteiger partial charge in [0.05, 0.1) is 36.2 Å². The van der Waals surface area contributed by atoms with E-state index in [9.17, 15) is 29.0 Å². The zero-order chi connectivity index (χ0) is 28.4. The van der Waals surface area contributed by atoms with Crippen molar-refractivity contribution in [3.8, 4) is 11.3 Å². The molecule has 2 atom stereocenters. The predicted octanol–water partition coefficient (Wildman–Crippen LogP) is 2.90. The van der Waals surface area contributed by atoms with Crippen LogP contribution in [0.25, 0.3) is 11.3 Å². The average Bonchev–Trinajstić information content (AvgIpc) is 3.23. The summed E-state index contributed by atoms with van der Waals surface area (Å²) in [4.78, 5) is 39.1. The van der Waals surface area contributed by atoms with Gasteiger partial charge in [-0.15, -0.1) is 0 Å². The Hall–Kier alpha value is -4.35. The topological polar surface area (TPSA) is 148 Å². The van der Waals surface area contributed by atoms with Crippen LogP contribution in [0.4, 0.5) is 10.1 Å². The third kappa shape index (κ3) is 5.74. The monoisotopic (exact) mass is 536 g/mol. The highest BCUT2D eigenvalue weighted by Crippen LogP contribution is 2.39. The fourth-order valence-corrected chi connectivity index (χ4v) is 4.72. The molecule has 0 saturated heterocycles. The lowest BCUT2D eigenvalue weighted by atomic mass is 9.85. The lowest BCUT2D eigenvalue weighted by Gasteiger charge is -2.31. The van der Waals surface area contributed by atoms with Crippen molar-refractivity contribution >= 4 is 23.5 Å². The molecule has 204 valence electrons. The van der Waals surface area contributed by atoms with E-state index >= 15 is 0 Å². The molecule has 2 aromatic carbocycles. The molecule has 0 radical (unpaired) electrons. The molecule has 0 aliphatic carbocycles. The van der Waals surface area contributed by atoms with Gasteiger partial charge in [0, 0.05) is 42.5 Å². The first-order valence-electron chi connectivity index (χ1n) is 12.2. The van der Waals surface area contributed by atoms with Crippen LogP contribution in [-0.4, -0.2) is 57.6 Å². The Kier molecular flexibility index (Phi) is 7.93. The van der Waals surface area contributed by atoms with Crippen LogP contribution in [0.2, 0.25) is 0 Å². The van der Waals surface area contributed by atoms with E-state index < -0.39 is 35.6 Å². The first-order valence-corrected chi connectivity index (χ1v) is 12.2. The Balaban J connectivity index is 1.85. The number of carbonyl (C=O) groups is 3. The first kappa shape index (κ1) is 27.7. The second-order valence-electron chi connectivity index (χ2n) is 9.47. The van der Waals surface area contributed by atoms with Crippen molar-refractivity contribution in [2.75, 3.05) is 18.6 Å². The largest absolute Gasteiger partial charge is 0.478 e. The Morgan fingerprint density at radius 2 is 1.90 bits per heavy atom. The molecule has 1 aromatic heterocycles. The number of aliphatic carboxylic acids is 1. The van der Waals surface area contributed by atoms with Crippen LogP contribution in [0.15, 0.2) is 54.2 Å². The van der Waals surface area contributed by atoms with Gasteiger partial charge in [-0.2, -0.15) is 5.10 Å². The molecule has 11 heteroatoms. The second-order valence-corrected chi connectivity index (χ2v) is 9.47. The Labute approximate surface area is 224 Å². The molecule has 4 N–H and O–H groups in total. The number of carbonyl (C=O) groups excluding carboxylic acids is 2. The quantitative estimate of drug-likeness (QED) is 0.381. The number of primary amides is 1. The molecule has 1 aliphatic heterocycles. The van der Waals surface area contributed by atoms with E-state index in [1.54, 1.807) is 30.7 Å². The van der Waals surface area contributed by atoms with Crippen molar-refractivity contribution in [1.29, 1.82) is 0 Å². The molecule has 0 unspecified atom stereocenters. The van der Waals surface area contributed by atoms with Crippen molar-refractivity contribution in [2.45, 2.75) is 38.8 Å². The molecule has 4 rings (SSSR count). The number of nitrogens with two attached hydrogens (primary N) is 1. The molecule has 0 saturated carbocycles. The third-order valence-electron chi connectivity index (χ3n) is 6.68. The number of aliphatic hydroxyl groups is 1. The van der Waals surface area contributed by atoms with Crippen molar-refractivity contribution in [3.63, 3.8) is 0 Å². The number of aryl methyl sites for hydroxylation is 2. The van der Waals surface area contributed by atoms with E-state index in [4.69, 9.17) is 10.5 Å². The van der Waals surface area contributed by atoms with Crippen LogP contribution in [-0.2, 0) is 20.9 Å². The van der Waals surface area contributed by atoms with E-state index in [1.165, 1.54) is 48.5 Å². The molecule has 2 amide bonds. The van der Waals surface area contributed by atoms with E-state index in [0.29, 0.717) is 33.8 Å². The van der Waals surface area contributed by atoms with Crippen LogP contribution in [0.1, 0.15) is 39.5 Å².